The van der Waals surface area contributed by atoms with Gasteiger partial charge in [-0.1, -0.05) is 44.0 Å². The van der Waals surface area contributed by atoms with Crippen molar-refractivity contribution in [2.45, 2.75) is 26.2 Å². The van der Waals surface area contributed by atoms with E-state index in [9.17, 15) is 25.2 Å². The van der Waals surface area contributed by atoms with Crippen LogP contribution in [-0.4, -0.2) is 0 Å². The smallest absolute Gasteiger partial charge is 0 e. The average Bonchev–Trinajstić information content (AvgIpc) is 2.77. The molecule has 0 heterocycles. The van der Waals surface area contributed by atoms with E-state index in [-0.39, 0.29) is 17.1 Å². The van der Waals surface area contributed by atoms with Crippen LogP contribution in [0.1, 0.15) is 37.3 Å². The van der Waals surface area contributed by atoms with Crippen molar-refractivity contribution in [3.63, 3.8) is 0 Å². The molecule has 0 fully saturated rings. The Kier molecular flexibility index (Phi) is 6.16. The molecule has 2 rings (SSSR count). The van der Waals surface area contributed by atoms with Gasteiger partial charge in [-0.15, -0.1) is 17.7 Å². The molecule has 1 aliphatic carbocycles. The monoisotopic (exact) mass is 384 g/mol. The van der Waals surface area contributed by atoms with Crippen LogP contribution in [0.2, 0.25) is 0 Å². The molecule has 8 heteroatoms. The number of allylic oxidation sites excluding steroid dienone is 4. The molecular weight excluding hydrogens is 369 g/mol. The van der Waals surface area contributed by atoms with Crippen molar-refractivity contribution in [2.24, 2.45) is 0 Å². The average molecular weight is 384 g/mol. The minimum atomic E-state index is -10.7. The molecule has 1 aromatic rings. The molecule has 0 atom stereocenters. The molecular formula is C14H15F6FeP-2. The molecule has 128 valence electrons. The van der Waals surface area contributed by atoms with E-state index in [2.05, 4.69) is 56.3 Å². The molecule has 0 saturated heterocycles. The Morgan fingerprint density at radius 1 is 1.00 bits per heavy atom. The van der Waals surface area contributed by atoms with Gasteiger partial charge in [0, 0.05) is 17.1 Å². The van der Waals surface area contributed by atoms with Crippen molar-refractivity contribution in [1.29, 1.82) is 0 Å². The summed E-state index contributed by atoms with van der Waals surface area (Å²) >= 11 is 0. The van der Waals surface area contributed by atoms with Gasteiger partial charge in [-0.3, -0.25) is 0 Å². The third-order valence-electron chi connectivity index (χ3n) is 2.57. The van der Waals surface area contributed by atoms with Crippen LogP contribution in [0.5, 0.6) is 0 Å². The third kappa shape index (κ3) is 10.0. The van der Waals surface area contributed by atoms with Gasteiger partial charge in [0.25, 0.3) is 0 Å². The molecule has 0 aromatic heterocycles. The van der Waals surface area contributed by atoms with Crippen LogP contribution in [0, 0.1) is 6.08 Å². The summed E-state index contributed by atoms with van der Waals surface area (Å²) in [5, 5.41) is 0. The molecule has 0 aliphatic heterocycles. The number of hydrogen-bond donors (Lipinski definition) is 0. The molecule has 0 radical (unpaired) electrons. The van der Waals surface area contributed by atoms with Crippen molar-refractivity contribution in [3.05, 3.63) is 53.6 Å². The SMILES string of the molecule is CC(C)c1ccccc1C1=[C-]CC=C1.F[P-](F)(F)(F)(F)F.[Fe]. The van der Waals surface area contributed by atoms with E-state index in [0.717, 1.165) is 6.42 Å². The first kappa shape index (κ1) is 21.2. The van der Waals surface area contributed by atoms with E-state index < -0.39 is 7.81 Å². The fourth-order valence-electron chi connectivity index (χ4n) is 1.84. The topological polar surface area (TPSA) is 0 Å². The van der Waals surface area contributed by atoms with Crippen molar-refractivity contribution in [2.75, 3.05) is 0 Å². The van der Waals surface area contributed by atoms with Crippen LogP contribution < -0.4 is 0 Å². The largest absolute Gasteiger partial charge is 0 e. The summed E-state index contributed by atoms with van der Waals surface area (Å²) in [6.45, 7) is 4.47. The van der Waals surface area contributed by atoms with Crippen molar-refractivity contribution in [3.8, 4) is 0 Å². The molecule has 0 N–H and O–H groups in total. The fourth-order valence-corrected chi connectivity index (χ4v) is 1.84. The summed E-state index contributed by atoms with van der Waals surface area (Å²) < 4.78 is 59.2. The third-order valence-corrected chi connectivity index (χ3v) is 2.57. The van der Waals surface area contributed by atoms with E-state index in [1.165, 1.54) is 16.7 Å². The second kappa shape index (κ2) is 6.38. The Labute approximate surface area is 136 Å². The predicted octanol–water partition coefficient (Wildman–Crippen LogP) is 7.34. The number of benzene rings is 1. The quantitative estimate of drug-likeness (QED) is 0.217. The maximum absolute atomic E-state index is 10.7. The summed E-state index contributed by atoms with van der Waals surface area (Å²) in [7, 11) is -10.7. The first-order valence-corrected chi connectivity index (χ1v) is 8.20. The van der Waals surface area contributed by atoms with Crippen LogP contribution in [0.4, 0.5) is 25.2 Å². The summed E-state index contributed by atoms with van der Waals surface area (Å²) in [5.41, 5.74) is 4.02. The van der Waals surface area contributed by atoms with Crippen LogP contribution in [0.25, 0.3) is 5.57 Å². The number of hydrogen-bond acceptors (Lipinski definition) is 0. The first-order valence-electron chi connectivity index (χ1n) is 6.17. The van der Waals surface area contributed by atoms with Crippen molar-refractivity contribution >= 4 is 13.4 Å². The second-order valence-electron chi connectivity index (χ2n) is 4.90. The standard InChI is InChI=1S/C14H15.F6P.Fe/c1-11(2)13-9-5-6-10-14(13)12-7-3-4-8-12;1-7(2,3,4,5)6;/h3,5-7,9-11H,4H2,1-2H3;;/q2*-1;. The van der Waals surface area contributed by atoms with Crippen LogP contribution >= 0.6 is 7.81 Å². The fraction of sp³-hybridized carbons (Fsp3) is 0.286. The summed E-state index contributed by atoms with van der Waals surface area (Å²) in [6, 6.07) is 8.61. The molecule has 1 aromatic carbocycles. The van der Waals surface area contributed by atoms with E-state index in [1.54, 1.807) is 0 Å². The molecule has 1 aliphatic rings. The summed E-state index contributed by atoms with van der Waals surface area (Å²) in [6.07, 6.45) is 8.66. The van der Waals surface area contributed by atoms with Gasteiger partial charge in [0.15, 0.2) is 0 Å². The van der Waals surface area contributed by atoms with Gasteiger partial charge in [-0.25, -0.2) is 0 Å². The van der Waals surface area contributed by atoms with Gasteiger partial charge in [0.2, 0.25) is 0 Å². The predicted molar refractivity (Wildman–Crippen MR) is 74.5 cm³/mol. The Morgan fingerprint density at radius 3 is 1.91 bits per heavy atom. The molecule has 0 bridgehead atoms. The zero-order chi connectivity index (χ0) is 16.4. The van der Waals surface area contributed by atoms with Gasteiger partial charge in [-0.05, 0) is 5.92 Å². The van der Waals surface area contributed by atoms with E-state index in [4.69, 9.17) is 0 Å². The Bertz CT molecular complexity index is 561. The van der Waals surface area contributed by atoms with E-state index >= 15 is 0 Å². The Balaban J connectivity index is 0.000000478. The van der Waals surface area contributed by atoms with Crippen LogP contribution in [0.15, 0.2) is 36.4 Å². The molecule has 22 heavy (non-hydrogen) atoms. The maximum Gasteiger partial charge on any atom is 0 e. The Hall–Kier alpha value is -0.771. The van der Waals surface area contributed by atoms with Gasteiger partial charge >= 0.3 is 33.0 Å². The van der Waals surface area contributed by atoms with E-state index in [1.807, 2.05) is 0 Å². The first-order chi connectivity index (χ1) is 9.24. The molecule has 0 nitrogen and oxygen atoms in total. The molecule has 0 spiro atoms. The molecule has 0 saturated carbocycles. The van der Waals surface area contributed by atoms with Gasteiger partial charge < -0.3 is 0 Å². The summed E-state index contributed by atoms with van der Waals surface area (Å²) in [4.78, 5) is 0. The summed E-state index contributed by atoms with van der Waals surface area (Å²) in [5.74, 6) is 0.578. The minimum absolute atomic E-state index is 0. The van der Waals surface area contributed by atoms with Crippen LogP contribution in [-0.2, 0) is 17.1 Å². The second-order valence-corrected chi connectivity index (χ2v) is 6.81. The van der Waals surface area contributed by atoms with Gasteiger partial charge in [0.1, 0.15) is 0 Å². The zero-order valence-electron chi connectivity index (χ0n) is 11.8. The van der Waals surface area contributed by atoms with E-state index in [0.29, 0.717) is 5.92 Å². The molecule has 0 amide bonds. The van der Waals surface area contributed by atoms with Crippen molar-refractivity contribution < 1.29 is 42.3 Å². The normalized spacial score (nSPS) is 16.9. The number of halogens is 6. The maximum atomic E-state index is 9.87. The van der Waals surface area contributed by atoms with Gasteiger partial charge in [0.05, 0.1) is 0 Å². The van der Waals surface area contributed by atoms with Crippen LogP contribution in [0.3, 0.4) is 0 Å². The minimum Gasteiger partial charge on any atom is 0 e. The molecule has 0 unspecified atom stereocenters. The zero-order valence-corrected chi connectivity index (χ0v) is 13.8. The Morgan fingerprint density at radius 2 is 1.50 bits per heavy atom. The number of rotatable bonds is 2. The van der Waals surface area contributed by atoms with Gasteiger partial charge in [-0.2, -0.15) is 17.7 Å². The van der Waals surface area contributed by atoms with Crippen molar-refractivity contribution in [1.82, 2.24) is 0 Å².